The minimum Gasteiger partial charge on any atom is -0.450 e. The van der Waals surface area contributed by atoms with Crippen LogP contribution in [-0.2, 0) is 9.53 Å². The number of carbonyl (C=O) groups excluding carboxylic acids is 2. The molecule has 1 atom stereocenters. The number of rotatable bonds is 6. The zero-order chi connectivity index (χ0) is 14.1. The molecule has 0 saturated heterocycles. The number of benzene rings is 1. The third-order valence-corrected chi connectivity index (χ3v) is 4.31. The zero-order valence-corrected chi connectivity index (χ0v) is 12.0. The molecule has 0 aromatic heterocycles. The summed E-state index contributed by atoms with van der Waals surface area (Å²) in [5.74, 6) is 0. The lowest BCUT2D eigenvalue weighted by Crippen LogP contribution is -2.43. The first-order valence-electron chi connectivity index (χ1n) is 6.00. The molecular weight excluding hydrogens is 258 g/mol. The molecule has 0 bridgehead atoms. The van der Waals surface area contributed by atoms with Crippen molar-refractivity contribution in [3.05, 3.63) is 54.2 Å². The summed E-state index contributed by atoms with van der Waals surface area (Å²) >= 11 is 0. The Balaban J connectivity index is 2.75. The highest BCUT2D eigenvalue weighted by atomic mass is 28.3. The van der Waals surface area contributed by atoms with Gasteiger partial charge in [-0.25, -0.2) is 4.79 Å². The second-order valence-electron chi connectivity index (χ2n) is 3.72. The van der Waals surface area contributed by atoms with Gasteiger partial charge < -0.3 is 9.72 Å². The summed E-state index contributed by atoms with van der Waals surface area (Å²) in [5, 5.41) is -0.153. The molecule has 0 spiro atoms. The highest BCUT2D eigenvalue weighted by Crippen LogP contribution is 2.02. The summed E-state index contributed by atoms with van der Waals surface area (Å²) in [6.07, 6.45) is 2.50. The Morgan fingerprint density at radius 2 is 2.05 bits per heavy atom. The van der Waals surface area contributed by atoms with Crippen molar-refractivity contribution in [1.29, 1.82) is 0 Å². The Morgan fingerprint density at radius 1 is 1.37 bits per heavy atom. The number of hydrogen-bond donors (Lipinski definition) is 1. The summed E-state index contributed by atoms with van der Waals surface area (Å²) in [7, 11) is -2.25. The van der Waals surface area contributed by atoms with Crippen molar-refractivity contribution in [2.75, 3.05) is 6.61 Å². The van der Waals surface area contributed by atoms with Crippen molar-refractivity contribution >= 4 is 26.5 Å². The molecule has 1 rings (SSSR count). The van der Waals surface area contributed by atoms with E-state index in [9.17, 15) is 9.59 Å². The van der Waals surface area contributed by atoms with Crippen LogP contribution in [0.15, 0.2) is 48.7 Å². The van der Waals surface area contributed by atoms with Gasteiger partial charge in [0, 0.05) is 0 Å². The molecule has 19 heavy (non-hydrogen) atoms. The summed E-state index contributed by atoms with van der Waals surface area (Å²) in [6, 6.07) is 9.57. The van der Waals surface area contributed by atoms with Crippen LogP contribution in [0.2, 0.25) is 0 Å². The lowest BCUT2D eigenvalue weighted by atomic mass is 10.2. The second-order valence-corrected chi connectivity index (χ2v) is 5.92. The Labute approximate surface area is 114 Å². The summed E-state index contributed by atoms with van der Waals surface area (Å²) in [5.41, 5.74) is 2.72. The Kier molecular flexibility index (Phi) is 6.32. The monoisotopic (exact) mass is 275 g/mol. The first-order valence-corrected chi connectivity index (χ1v) is 7.82. The molecule has 1 amide bonds. The van der Waals surface area contributed by atoms with Crippen molar-refractivity contribution in [2.24, 2.45) is 0 Å². The molecule has 5 heteroatoms. The van der Waals surface area contributed by atoms with Gasteiger partial charge in [-0.2, -0.15) is 0 Å². The fraction of sp³-hybridized carbons (Fsp3) is 0.143. The Morgan fingerprint density at radius 3 is 2.63 bits per heavy atom. The lowest BCUT2D eigenvalue weighted by Gasteiger charge is -2.10. The van der Waals surface area contributed by atoms with Gasteiger partial charge in [-0.15, -0.1) is 0 Å². The average Bonchev–Trinajstić information content (AvgIpc) is 2.44. The van der Waals surface area contributed by atoms with Crippen LogP contribution in [0.4, 0.5) is 4.79 Å². The van der Waals surface area contributed by atoms with Gasteiger partial charge in [-0.3, -0.25) is 4.79 Å². The third kappa shape index (κ3) is 5.35. The molecule has 100 valence electrons. The van der Waals surface area contributed by atoms with E-state index in [4.69, 9.17) is 4.74 Å². The van der Waals surface area contributed by atoms with E-state index in [1.165, 1.54) is 6.08 Å². The van der Waals surface area contributed by atoms with E-state index in [-0.39, 0.29) is 12.0 Å². The van der Waals surface area contributed by atoms with E-state index in [2.05, 4.69) is 11.6 Å². The number of nitrogens with one attached hydrogen (secondary N) is 1. The van der Waals surface area contributed by atoms with Crippen molar-refractivity contribution in [3.63, 3.8) is 0 Å². The molecule has 4 nitrogen and oxygen atoms in total. The van der Waals surface area contributed by atoms with Crippen LogP contribution in [0.25, 0.3) is 6.08 Å². The molecule has 1 aromatic carbocycles. The predicted octanol–water partition coefficient (Wildman–Crippen LogP) is 2.00. The van der Waals surface area contributed by atoms with Crippen molar-refractivity contribution in [2.45, 2.75) is 6.92 Å². The van der Waals surface area contributed by atoms with E-state index in [1.807, 2.05) is 36.4 Å². The van der Waals surface area contributed by atoms with Gasteiger partial charge in [0.2, 0.25) is 8.96 Å². The molecular formula is C14H17NO3Si. The van der Waals surface area contributed by atoms with Crippen LogP contribution < -0.4 is 4.98 Å². The van der Waals surface area contributed by atoms with E-state index in [0.29, 0.717) is 0 Å². The molecule has 0 heterocycles. The highest BCUT2D eigenvalue weighted by Gasteiger charge is 2.18. The van der Waals surface area contributed by atoms with Crippen LogP contribution in [0.5, 0.6) is 0 Å². The van der Waals surface area contributed by atoms with E-state index < -0.39 is 15.1 Å². The number of hydrogen-bond acceptors (Lipinski definition) is 3. The van der Waals surface area contributed by atoms with Crippen LogP contribution in [0.3, 0.4) is 0 Å². The summed E-state index contributed by atoms with van der Waals surface area (Å²) in [4.78, 5) is 25.7. The Hall–Kier alpha value is -2.14. The molecule has 0 aliphatic rings. The molecule has 1 unspecified atom stereocenters. The van der Waals surface area contributed by atoms with Crippen LogP contribution >= 0.6 is 0 Å². The topological polar surface area (TPSA) is 55.4 Å². The minimum atomic E-state index is -2.25. The standard InChI is InChI=1S/C14H17NO3Si/c1-3-13(16)19(15-14(17)18-4-2)11-10-12-8-6-5-7-9-12/h3,5-11,19H,1,4H2,2H3,(H,15,17). The molecule has 0 radical (unpaired) electrons. The van der Waals surface area contributed by atoms with Crippen molar-refractivity contribution in [3.8, 4) is 0 Å². The van der Waals surface area contributed by atoms with Gasteiger partial charge in [-0.1, -0.05) is 48.7 Å². The van der Waals surface area contributed by atoms with Gasteiger partial charge in [0.05, 0.1) is 6.61 Å². The van der Waals surface area contributed by atoms with E-state index in [1.54, 1.807) is 12.6 Å². The van der Waals surface area contributed by atoms with Gasteiger partial charge >= 0.3 is 6.09 Å². The number of amides is 1. The largest absolute Gasteiger partial charge is 0.450 e. The fourth-order valence-electron chi connectivity index (χ4n) is 1.41. The smallest absolute Gasteiger partial charge is 0.399 e. The van der Waals surface area contributed by atoms with Crippen molar-refractivity contribution < 1.29 is 14.3 Å². The van der Waals surface area contributed by atoms with Gasteiger partial charge in [-0.05, 0) is 18.6 Å². The fourth-order valence-corrected chi connectivity index (χ4v) is 2.85. The molecule has 0 aliphatic heterocycles. The Bertz CT molecular complexity index is 471. The van der Waals surface area contributed by atoms with Gasteiger partial charge in [0.1, 0.15) is 0 Å². The van der Waals surface area contributed by atoms with E-state index >= 15 is 0 Å². The van der Waals surface area contributed by atoms with Crippen molar-refractivity contribution in [1.82, 2.24) is 4.98 Å². The molecule has 0 fully saturated rings. The first-order chi connectivity index (χ1) is 9.17. The molecule has 0 aliphatic carbocycles. The summed E-state index contributed by atoms with van der Waals surface area (Å²) in [6.45, 7) is 5.44. The number of carbonyl (C=O) groups is 2. The maximum Gasteiger partial charge on any atom is 0.399 e. The third-order valence-electron chi connectivity index (χ3n) is 2.34. The van der Waals surface area contributed by atoms with Crippen LogP contribution in [0, 0.1) is 0 Å². The highest BCUT2D eigenvalue weighted by molar-refractivity contribution is 6.95. The first kappa shape index (κ1) is 14.9. The lowest BCUT2D eigenvalue weighted by molar-refractivity contribution is -0.108. The second kappa shape index (κ2) is 8.05. The normalized spacial score (nSPS) is 11.8. The average molecular weight is 275 g/mol. The summed E-state index contributed by atoms with van der Waals surface area (Å²) < 4.78 is 4.78. The van der Waals surface area contributed by atoms with E-state index in [0.717, 1.165) is 5.56 Å². The maximum absolute atomic E-state index is 11.7. The number of ether oxygens (including phenoxy) is 1. The minimum absolute atomic E-state index is 0.153. The maximum atomic E-state index is 11.7. The zero-order valence-electron chi connectivity index (χ0n) is 10.8. The predicted molar refractivity (Wildman–Crippen MR) is 78.0 cm³/mol. The van der Waals surface area contributed by atoms with Crippen LogP contribution in [-0.4, -0.2) is 27.1 Å². The number of allylic oxidation sites excluding steroid dienone is 1. The van der Waals surface area contributed by atoms with Crippen LogP contribution in [0.1, 0.15) is 12.5 Å². The SMILES string of the molecule is C=CC(=O)[SiH](C=Cc1ccccc1)NC(=O)OCC. The molecule has 1 N–H and O–H groups in total. The van der Waals surface area contributed by atoms with Gasteiger partial charge in [0.25, 0.3) is 0 Å². The van der Waals surface area contributed by atoms with Gasteiger partial charge in [0.15, 0.2) is 5.41 Å². The quantitative estimate of drug-likeness (QED) is 0.638. The molecule has 0 saturated carbocycles. The molecule has 1 aromatic rings.